The minimum absolute atomic E-state index is 0.324. The molecule has 0 aromatic carbocycles. The van der Waals surface area contributed by atoms with Crippen molar-refractivity contribution in [1.29, 1.82) is 0 Å². The van der Waals surface area contributed by atoms with Crippen LogP contribution < -0.4 is 5.32 Å². The van der Waals surface area contributed by atoms with Gasteiger partial charge in [-0.15, -0.1) is 0 Å². The summed E-state index contributed by atoms with van der Waals surface area (Å²) in [5, 5.41) is 2.85. The Labute approximate surface area is 122 Å². The third kappa shape index (κ3) is 5.88. The predicted molar refractivity (Wildman–Crippen MR) is 74.4 cm³/mol. The highest BCUT2D eigenvalue weighted by Gasteiger charge is 2.30. The molecule has 1 rings (SSSR count). The van der Waals surface area contributed by atoms with Crippen molar-refractivity contribution in [2.24, 2.45) is 0 Å². The Kier molecular flexibility index (Phi) is 5.97. The second-order valence-electron chi connectivity index (χ2n) is 4.46. The molecule has 1 aromatic heterocycles. The molecule has 9 heteroatoms. The zero-order chi connectivity index (χ0) is 16.1. The summed E-state index contributed by atoms with van der Waals surface area (Å²) in [7, 11) is -3.22. The number of hydrogen-bond acceptors (Lipinski definition) is 4. The van der Waals surface area contributed by atoms with Gasteiger partial charge in [0.05, 0.1) is 11.8 Å². The first-order chi connectivity index (χ1) is 9.64. The Bertz CT molecular complexity index is 544. The van der Waals surface area contributed by atoms with Gasteiger partial charge in [0.25, 0.3) is 0 Å². The standard InChI is InChI=1S/C12H18F3N3O2S/c1-3-18(21(2,19)20)8-4-7-16-11-6-5-10(9-17-11)12(13,14)15/h5-6,9H,3-4,7-8H2,1-2H3,(H,16,17). The molecular weight excluding hydrogens is 307 g/mol. The van der Waals surface area contributed by atoms with E-state index in [4.69, 9.17) is 0 Å². The molecular formula is C12H18F3N3O2S. The highest BCUT2D eigenvalue weighted by Crippen LogP contribution is 2.28. The van der Waals surface area contributed by atoms with Crippen LogP contribution in [0.5, 0.6) is 0 Å². The minimum atomic E-state index is -4.40. The number of nitrogens with one attached hydrogen (secondary N) is 1. The zero-order valence-corrected chi connectivity index (χ0v) is 12.6. The van der Waals surface area contributed by atoms with Gasteiger partial charge in [-0.25, -0.2) is 17.7 Å². The molecule has 0 saturated heterocycles. The largest absolute Gasteiger partial charge is 0.417 e. The van der Waals surface area contributed by atoms with E-state index in [1.165, 1.54) is 10.4 Å². The van der Waals surface area contributed by atoms with E-state index in [1.807, 2.05) is 0 Å². The highest BCUT2D eigenvalue weighted by molar-refractivity contribution is 7.88. The molecule has 21 heavy (non-hydrogen) atoms. The van der Waals surface area contributed by atoms with Gasteiger partial charge in [-0.05, 0) is 18.6 Å². The second kappa shape index (κ2) is 7.08. The van der Waals surface area contributed by atoms with Gasteiger partial charge in [-0.3, -0.25) is 0 Å². The Morgan fingerprint density at radius 1 is 1.33 bits per heavy atom. The fraction of sp³-hybridized carbons (Fsp3) is 0.583. The summed E-state index contributed by atoms with van der Waals surface area (Å²) in [6, 6.07) is 2.20. The van der Waals surface area contributed by atoms with Crippen LogP contribution in [0.3, 0.4) is 0 Å². The number of sulfonamides is 1. The smallest absolute Gasteiger partial charge is 0.370 e. The first-order valence-corrected chi connectivity index (χ1v) is 8.21. The van der Waals surface area contributed by atoms with E-state index in [0.29, 0.717) is 31.9 Å². The molecule has 0 atom stereocenters. The van der Waals surface area contributed by atoms with Gasteiger partial charge in [-0.2, -0.15) is 13.2 Å². The normalized spacial score (nSPS) is 12.7. The minimum Gasteiger partial charge on any atom is -0.370 e. The van der Waals surface area contributed by atoms with Gasteiger partial charge in [0.2, 0.25) is 10.0 Å². The quantitative estimate of drug-likeness (QED) is 0.781. The molecule has 0 unspecified atom stereocenters. The number of alkyl halides is 3. The van der Waals surface area contributed by atoms with E-state index < -0.39 is 21.8 Å². The lowest BCUT2D eigenvalue weighted by atomic mass is 10.3. The second-order valence-corrected chi connectivity index (χ2v) is 6.45. The van der Waals surface area contributed by atoms with Crippen LogP contribution >= 0.6 is 0 Å². The Morgan fingerprint density at radius 3 is 2.43 bits per heavy atom. The lowest BCUT2D eigenvalue weighted by Crippen LogP contribution is -2.31. The SMILES string of the molecule is CCN(CCCNc1ccc(C(F)(F)F)cn1)S(C)(=O)=O. The third-order valence-electron chi connectivity index (χ3n) is 2.80. The van der Waals surface area contributed by atoms with Gasteiger partial charge < -0.3 is 5.32 Å². The van der Waals surface area contributed by atoms with Crippen LogP contribution in [0.4, 0.5) is 19.0 Å². The van der Waals surface area contributed by atoms with Gasteiger partial charge in [0.1, 0.15) is 5.82 Å². The lowest BCUT2D eigenvalue weighted by Gasteiger charge is -2.17. The Balaban J connectivity index is 2.43. The highest BCUT2D eigenvalue weighted by atomic mass is 32.2. The molecule has 5 nitrogen and oxygen atoms in total. The fourth-order valence-electron chi connectivity index (χ4n) is 1.70. The summed E-state index contributed by atoms with van der Waals surface area (Å²) in [4.78, 5) is 3.67. The van der Waals surface area contributed by atoms with Crippen molar-refractivity contribution in [3.63, 3.8) is 0 Å². The van der Waals surface area contributed by atoms with E-state index in [0.717, 1.165) is 18.5 Å². The van der Waals surface area contributed by atoms with E-state index in [-0.39, 0.29) is 0 Å². The molecule has 1 N–H and O–H groups in total. The topological polar surface area (TPSA) is 62.3 Å². The predicted octanol–water partition coefficient (Wildman–Crippen LogP) is 2.18. The number of nitrogens with zero attached hydrogens (tertiary/aromatic N) is 2. The molecule has 0 saturated carbocycles. The van der Waals surface area contributed by atoms with Crippen molar-refractivity contribution in [3.8, 4) is 0 Å². The van der Waals surface area contributed by atoms with Crippen LogP contribution in [-0.2, 0) is 16.2 Å². The number of hydrogen-bond donors (Lipinski definition) is 1. The van der Waals surface area contributed by atoms with Crippen molar-refractivity contribution < 1.29 is 21.6 Å². The van der Waals surface area contributed by atoms with Gasteiger partial charge in [0.15, 0.2) is 0 Å². The number of rotatable bonds is 7. The molecule has 1 heterocycles. The van der Waals surface area contributed by atoms with Crippen molar-refractivity contribution >= 4 is 15.8 Å². The summed E-state index contributed by atoms with van der Waals surface area (Å²) in [6.07, 6.45) is -1.97. The van der Waals surface area contributed by atoms with Crippen molar-refractivity contribution in [2.75, 3.05) is 31.2 Å². The van der Waals surface area contributed by atoms with Gasteiger partial charge in [0, 0.05) is 25.8 Å². The number of anilines is 1. The average molecular weight is 325 g/mol. The monoisotopic (exact) mass is 325 g/mol. The molecule has 0 bridgehead atoms. The van der Waals surface area contributed by atoms with Crippen molar-refractivity contribution in [1.82, 2.24) is 9.29 Å². The first kappa shape index (κ1) is 17.7. The molecule has 0 fully saturated rings. The molecule has 120 valence electrons. The Morgan fingerprint density at radius 2 is 2.00 bits per heavy atom. The average Bonchev–Trinajstić information content (AvgIpc) is 2.36. The van der Waals surface area contributed by atoms with Crippen LogP contribution in [0.25, 0.3) is 0 Å². The Hall–Kier alpha value is -1.35. The van der Waals surface area contributed by atoms with Gasteiger partial charge in [-0.1, -0.05) is 6.92 Å². The van der Waals surface area contributed by atoms with E-state index in [9.17, 15) is 21.6 Å². The van der Waals surface area contributed by atoms with Crippen molar-refractivity contribution in [2.45, 2.75) is 19.5 Å². The molecule has 0 spiro atoms. The molecule has 0 aliphatic carbocycles. The van der Waals surface area contributed by atoms with E-state index >= 15 is 0 Å². The summed E-state index contributed by atoms with van der Waals surface area (Å²) >= 11 is 0. The summed E-state index contributed by atoms with van der Waals surface area (Å²) in [5.74, 6) is 0.324. The molecule has 0 aliphatic rings. The molecule has 0 aliphatic heterocycles. The van der Waals surface area contributed by atoms with Crippen LogP contribution in [0.2, 0.25) is 0 Å². The van der Waals surface area contributed by atoms with Crippen LogP contribution in [0, 0.1) is 0 Å². The number of pyridine rings is 1. The van der Waals surface area contributed by atoms with E-state index in [2.05, 4.69) is 10.3 Å². The van der Waals surface area contributed by atoms with E-state index in [1.54, 1.807) is 6.92 Å². The molecule has 1 aromatic rings. The summed E-state index contributed by atoms with van der Waals surface area (Å²) in [5.41, 5.74) is -0.803. The lowest BCUT2D eigenvalue weighted by molar-refractivity contribution is -0.137. The summed E-state index contributed by atoms with van der Waals surface area (Å²) in [6.45, 7) is 2.90. The maximum absolute atomic E-state index is 12.3. The maximum atomic E-state index is 12.3. The number of aromatic nitrogens is 1. The van der Waals surface area contributed by atoms with Crippen molar-refractivity contribution in [3.05, 3.63) is 23.9 Å². The fourth-order valence-corrected chi connectivity index (χ4v) is 2.63. The van der Waals surface area contributed by atoms with Crippen LogP contribution in [-0.4, -0.2) is 43.6 Å². The zero-order valence-electron chi connectivity index (χ0n) is 11.8. The first-order valence-electron chi connectivity index (χ1n) is 6.37. The summed E-state index contributed by atoms with van der Waals surface area (Å²) < 4.78 is 61.0. The maximum Gasteiger partial charge on any atom is 0.417 e. The van der Waals surface area contributed by atoms with Crippen LogP contribution in [0.15, 0.2) is 18.3 Å². The van der Waals surface area contributed by atoms with Gasteiger partial charge >= 0.3 is 6.18 Å². The third-order valence-corrected chi connectivity index (χ3v) is 4.18. The molecule has 0 amide bonds. The molecule has 0 radical (unpaired) electrons. The number of halogens is 3. The van der Waals surface area contributed by atoms with Crippen LogP contribution in [0.1, 0.15) is 18.9 Å².